The molecule has 0 fully saturated rings. The van der Waals surface area contributed by atoms with Gasteiger partial charge in [0.1, 0.15) is 18.3 Å². The minimum atomic E-state index is -4.05. The van der Waals surface area contributed by atoms with Crippen molar-refractivity contribution in [2.75, 3.05) is 25.5 Å². The van der Waals surface area contributed by atoms with Crippen LogP contribution in [0.2, 0.25) is 0 Å². The first-order chi connectivity index (χ1) is 21.0. The molecule has 0 saturated carbocycles. The van der Waals surface area contributed by atoms with E-state index in [1.165, 1.54) is 20.2 Å². The number of aromatic amines is 1. The van der Waals surface area contributed by atoms with Crippen molar-refractivity contribution in [1.29, 1.82) is 0 Å². The van der Waals surface area contributed by atoms with Gasteiger partial charge in [0.2, 0.25) is 22.3 Å². The maximum absolute atomic E-state index is 13.2. The number of pyridine rings is 1. The Morgan fingerprint density at radius 1 is 1.22 bits per heavy atom. The number of aromatic nitrogens is 1. The number of anilines is 1. The van der Waals surface area contributed by atoms with Crippen LogP contribution in [0.4, 0.5) is 5.69 Å². The lowest BCUT2D eigenvalue weighted by atomic mass is 10.1. The molecule has 2 aromatic rings. The van der Waals surface area contributed by atoms with E-state index in [1.54, 1.807) is 52.0 Å². The van der Waals surface area contributed by atoms with Crippen molar-refractivity contribution in [3.05, 3.63) is 61.1 Å². The maximum atomic E-state index is 13.2. The third kappa shape index (κ3) is 12.3. The Balaban J connectivity index is 2.21. The second kappa shape index (κ2) is 16.5. The van der Waals surface area contributed by atoms with Gasteiger partial charge in [-0.1, -0.05) is 18.2 Å². The molecule has 1 atom stereocenters. The first-order valence-corrected chi connectivity index (χ1v) is 16.2. The van der Waals surface area contributed by atoms with Crippen molar-refractivity contribution in [2.45, 2.75) is 57.9 Å². The standard InChI is InChI=1S/C27H38IN7O9S/c1-17-13-19(23(24(38)30-17)33-45(40,41)15-18-9-7-8-10-20(18)28)14-22(37)31-21(25(39)34(5)42-6)11-12-43-32-26(29)35(16-36)44-27(2,3)4/h7-10,13,16,21,33H,11-12,14-15H2,1-6H3,(H2,29,32)(H,30,38)(H,31,37)/t21-/m0/s1. The molecule has 0 aliphatic carbocycles. The first-order valence-electron chi connectivity index (χ1n) is 13.4. The molecule has 1 aromatic heterocycles. The van der Waals surface area contributed by atoms with E-state index in [0.717, 1.165) is 8.63 Å². The quantitative estimate of drug-likeness (QED) is 0.0506. The van der Waals surface area contributed by atoms with E-state index >= 15 is 0 Å². The summed E-state index contributed by atoms with van der Waals surface area (Å²) in [6.45, 7) is 6.43. The van der Waals surface area contributed by atoms with Gasteiger partial charge in [-0.15, -0.1) is 0 Å². The Bertz CT molecular complexity index is 1560. The van der Waals surface area contributed by atoms with Gasteiger partial charge in [0.05, 0.1) is 24.9 Å². The number of guanidine groups is 1. The molecule has 1 heterocycles. The van der Waals surface area contributed by atoms with Crippen LogP contribution in [0.3, 0.4) is 0 Å². The zero-order valence-corrected chi connectivity index (χ0v) is 28.7. The number of hydroxylamine groups is 4. The van der Waals surface area contributed by atoms with E-state index in [-0.39, 0.29) is 24.3 Å². The number of nitrogens with zero attached hydrogens (tertiary/aromatic N) is 3. The van der Waals surface area contributed by atoms with Gasteiger partial charge in [-0.05, 0) is 78.7 Å². The van der Waals surface area contributed by atoms with Crippen molar-refractivity contribution in [2.24, 2.45) is 10.9 Å². The van der Waals surface area contributed by atoms with Gasteiger partial charge in [-0.3, -0.25) is 33.6 Å². The minimum absolute atomic E-state index is 0.0906. The number of nitrogens with two attached hydrogens (primary N) is 1. The van der Waals surface area contributed by atoms with Gasteiger partial charge in [0, 0.05) is 22.7 Å². The fourth-order valence-electron chi connectivity index (χ4n) is 3.75. The Hall–Kier alpha value is -3.75. The fraction of sp³-hybridized carbons (Fsp3) is 0.444. The number of carbonyl (C=O) groups is 3. The van der Waals surface area contributed by atoms with Crippen LogP contribution in [0.25, 0.3) is 0 Å². The van der Waals surface area contributed by atoms with E-state index in [2.05, 4.69) is 20.2 Å². The summed E-state index contributed by atoms with van der Waals surface area (Å²) < 4.78 is 29.0. The maximum Gasteiger partial charge on any atom is 0.272 e. The second-order valence-corrected chi connectivity index (χ2v) is 13.5. The Morgan fingerprint density at radius 3 is 2.49 bits per heavy atom. The van der Waals surface area contributed by atoms with Crippen molar-refractivity contribution in [1.82, 2.24) is 20.4 Å². The van der Waals surface area contributed by atoms with E-state index in [9.17, 15) is 27.6 Å². The molecule has 0 unspecified atom stereocenters. The van der Waals surface area contributed by atoms with Gasteiger partial charge < -0.3 is 20.9 Å². The number of benzene rings is 1. The second-order valence-electron chi connectivity index (χ2n) is 10.7. The Labute approximate surface area is 274 Å². The summed E-state index contributed by atoms with van der Waals surface area (Å²) in [5.41, 5.74) is 4.94. The van der Waals surface area contributed by atoms with Crippen LogP contribution in [0.15, 0.2) is 40.3 Å². The molecule has 1 aromatic carbocycles. The molecule has 2 rings (SSSR count). The highest BCUT2D eigenvalue weighted by molar-refractivity contribution is 14.1. The minimum Gasteiger partial charge on any atom is -0.393 e. The number of rotatable bonds is 15. The number of sulfonamides is 1. The molecule has 3 amide bonds. The van der Waals surface area contributed by atoms with Gasteiger partial charge in [0.25, 0.3) is 17.4 Å². The lowest BCUT2D eigenvalue weighted by Gasteiger charge is -2.25. The monoisotopic (exact) mass is 763 g/mol. The van der Waals surface area contributed by atoms with Gasteiger partial charge in [-0.2, -0.15) is 5.06 Å². The molecule has 16 nitrogen and oxygen atoms in total. The van der Waals surface area contributed by atoms with E-state index < -0.39 is 57.2 Å². The van der Waals surface area contributed by atoms with Crippen LogP contribution in [-0.2, 0) is 51.1 Å². The van der Waals surface area contributed by atoms with Crippen molar-refractivity contribution in [3.63, 3.8) is 0 Å². The summed E-state index contributed by atoms with van der Waals surface area (Å²) in [7, 11) is -1.45. The van der Waals surface area contributed by atoms with Crippen molar-refractivity contribution in [3.8, 4) is 0 Å². The number of halogens is 1. The molecule has 0 bridgehead atoms. The Kier molecular flexibility index (Phi) is 13.8. The number of hydrogen-bond donors (Lipinski definition) is 4. The molecule has 0 saturated heterocycles. The fourth-order valence-corrected chi connectivity index (χ4v) is 5.85. The molecule has 0 radical (unpaired) electrons. The summed E-state index contributed by atoms with van der Waals surface area (Å²) in [5.74, 6) is -2.14. The van der Waals surface area contributed by atoms with Crippen LogP contribution in [0, 0.1) is 10.5 Å². The lowest BCUT2D eigenvalue weighted by molar-refractivity contribution is -0.185. The van der Waals surface area contributed by atoms with Crippen molar-refractivity contribution >= 4 is 62.5 Å². The molecule has 0 spiro atoms. The van der Waals surface area contributed by atoms with E-state index in [0.29, 0.717) is 22.7 Å². The number of likely N-dealkylation sites (N-methyl/N-ethyl adjacent to an activating group) is 1. The van der Waals surface area contributed by atoms with Crippen molar-refractivity contribution < 1.29 is 37.3 Å². The van der Waals surface area contributed by atoms with Crippen LogP contribution >= 0.6 is 22.6 Å². The Morgan fingerprint density at radius 2 is 1.89 bits per heavy atom. The zero-order valence-electron chi connectivity index (χ0n) is 25.7. The zero-order chi connectivity index (χ0) is 33.9. The molecule has 45 heavy (non-hydrogen) atoms. The van der Waals surface area contributed by atoms with Crippen LogP contribution < -0.4 is 21.3 Å². The average Bonchev–Trinajstić information content (AvgIpc) is 2.94. The topological polar surface area (TPSA) is 215 Å². The third-order valence-electron chi connectivity index (χ3n) is 5.73. The van der Waals surface area contributed by atoms with E-state index in [1.807, 2.05) is 22.6 Å². The number of aryl methyl sites for hydroxylation is 1. The number of H-pyrrole nitrogens is 1. The number of oxime groups is 1. The highest BCUT2D eigenvalue weighted by Crippen LogP contribution is 2.19. The predicted molar refractivity (Wildman–Crippen MR) is 174 cm³/mol. The van der Waals surface area contributed by atoms with Crippen LogP contribution in [-0.4, -0.2) is 80.1 Å². The summed E-state index contributed by atoms with van der Waals surface area (Å²) in [6.07, 6.45) is -0.253. The first kappa shape index (κ1) is 37.4. The smallest absolute Gasteiger partial charge is 0.272 e. The summed E-state index contributed by atoms with van der Waals surface area (Å²) >= 11 is 2.02. The molecule has 0 aliphatic heterocycles. The number of hydrogen-bond acceptors (Lipinski definition) is 10. The molecular weight excluding hydrogens is 725 g/mol. The number of amides is 3. The largest absolute Gasteiger partial charge is 0.393 e. The summed E-state index contributed by atoms with van der Waals surface area (Å²) in [6, 6.07) is 7.16. The molecule has 0 aliphatic rings. The summed E-state index contributed by atoms with van der Waals surface area (Å²) in [4.78, 5) is 68.1. The highest BCUT2D eigenvalue weighted by atomic mass is 127. The number of carbonyl (C=O) groups excluding carboxylic acids is 3. The number of nitrogens with one attached hydrogen (secondary N) is 3. The van der Waals surface area contributed by atoms with Gasteiger partial charge >= 0.3 is 0 Å². The lowest BCUT2D eigenvalue weighted by Crippen LogP contribution is -2.48. The molecule has 248 valence electrons. The highest BCUT2D eigenvalue weighted by Gasteiger charge is 2.26. The molecule has 5 N–H and O–H groups in total. The molecular formula is C27H38IN7O9S. The average molecular weight is 764 g/mol. The summed E-state index contributed by atoms with van der Waals surface area (Å²) in [5, 5.41) is 7.75. The van der Waals surface area contributed by atoms with Gasteiger partial charge in [0.15, 0.2) is 0 Å². The SMILES string of the molecule is CON(C)C(=O)[C@H](CCON=C(N)N(C=O)OC(C)(C)C)NC(=O)Cc1cc(C)[nH]c(=O)c1NS(=O)(=O)Cc1ccccc1I. The van der Waals surface area contributed by atoms with Crippen LogP contribution in [0.5, 0.6) is 0 Å². The normalized spacial score (nSPS) is 12.6. The molecule has 18 heteroatoms. The van der Waals surface area contributed by atoms with Gasteiger partial charge in [-0.25, -0.2) is 13.5 Å². The third-order valence-corrected chi connectivity index (χ3v) is 7.99. The predicted octanol–water partition coefficient (Wildman–Crippen LogP) is 1.10. The van der Waals surface area contributed by atoms with Crippen LogP contribution in [0.1, 0.15) is 44.0 Å². The van der Waals surface area contributed by atoms with E-state index in [4.69, 9.17) is 20.2 Å².